The van der Waals surface area contributed by atoms with Crippen molar-refractivity contribution in [2.24, 2.45) is 0 Å². The van der Waals surface area contributed by atoms with Crippen molar-refractivity contribution in [1.29, 1.82) is 0 Å². The van der Waals surface area contributed by atoms with Gasteiger partial charge in [0.15, 0.2) is 0 Å². The molecule has 0 saturated heterocycles. The molecule has 1 rings (SSSR count). The minimum atomic E-state index is 0.139. The fraction of sp³-hybridized carbons (Fsp3) is 0.429. The van der Waals surface area contributed by atoms with Crippen molar-refractivity contribution in [1.82, 2.24) is 0 Å². The molecule has 88 valence electrons. The molecule has 1 aromatic rings. The summed E-state index contributed by atoms with van der Waals surface area (Å²) < 4.78 is 0. The SMILES string of the molecule is C=CCC(CCCC)N(O)c1ccccc1. The van der Waals surface area contributed by atoms with E-state index < -0.39 is 0 Å². The molecule has 0 saturated carbocycles. The standard InChI is InChI=1S/C14H21NO/c1-3-5-10-13(9-4-2)15(16)14-11-7-6-8-12-14/h4,6-8,11-13,16H,2-3,5,9-10H2,1H3. The van der Waals surface area contributed by atoms with Crippen molar-refractivity contribution >= 4 is 5.69 Å². The average molecular weight is 219 g/mol. The van der Waals surface area contributed by atoms with Gasteiger partial charge in [0.2, 0.25) is 0 Å². The summed E-state index contributed by atoms with van der Waals surface area (Å²) in [6.45, 7) is 5.91. The maximum Gasteiger partial charge on any atom is 0.0637 e. The van der Waals surface area contributed by atoms with Crippen molar-refractivity contribution in [2.75, 3.05) is 5.06 Å². The first-order chi connectivity index (χ1) is 7.79. The molecule has 0 spiro atoms. The Morgan fingerprint density at radius 3 is 2.62 bits per heavy atom. The predicted octanol–water partition coefficient (Wildman–Crippen LogP) is 4.02. The van der Waals surface area contributed by atoms with Gasteiger partial charge in [-0.1, -0.05) is 44.0 Å². The van der Waals surface area contributed by atoms with Crippen LogP contribution >= 0.6 is 0 Å². The highest BCUT2D eigenvalue weighted by Gasteiger charge is 2.14. The van der Waals surface area contributed by atoms with Crippen LogP contribution in [-0.4, -0.2) is 11.2 Å². The summed E-state index contributed by atoms with van der Waals surface area (Å²) in [6.07, 6.45) is 5.95. The number of hydrogen-bond donors (Lipinski definition) is 1. The monoisotopic (exact) mass is 219 g/mol. The van der Waals surface area contributed by atoms with Gasteiger partial charge in [-0.3, -0.25) is 10.3 Å². The summed E-state index contributed by atoms with van der Waals surface area (Å²) in [5.41, 5.74) is 0.852. The molecule has 0 heterocycles. The lowest BCUT2D eigenvalue weighted by atomic mass is 10.1. The number of hydrogen-bond acceptors (Lipinski definition) is 2. The van der Waals surface area contributed by atoms with Crippen LogP contribution in [0.2, 0.25) is 0 Å². The molecule has 0 aliphatic carbocycles. The van der Waals surface area contributed by atoms with Crippen LogP contribution in [0.3, 0.4) is 0 Å². The van der Waals surface area contributed by atoms with Crippen molar-refractivity contribution in [3.05, 3.63) is 43.0 Å². The first-order valence-electron chi connectivity index (χ1n) is 5.93. The molecule has 0 aromatic heterocycles. The zero-order valence-corrected chi connectivity index (χ0v) is 9.97. The molecule has 2 heteroatoms. The Labute approximate surface area is 98.2 Å². The maximum absolute atomic E-state index is 10.1. The van der Waals surface area contributed by atoms with Crippen LogP contribution in [0.5, 0.6) is 0 Å². The molecule has 2 nitrogen and oxygen atoms in total. The second kappa shape index (κ2) is 7.07. The highest BCUT2D eigenvalue weighted by Crippen LogP contribution is 2.19. The molecular weight excluding hydrogens is 198 g/mol. The summed E-state index contributed by atoms with van der Waals surface area (Å²) in [5, 5.41) is 11.5. The highest BCUT2D eigenvalue weighted by atomic mass is 16.5. The normalized spacial score (nSPS) is 12.1. The molecule has 0 bridgehead atoms. The molecule has 0 amide bonds. The van der Waals surface area contributed by atoms with E-state index in [0.717, 1.165) is 31.4 Å². The first kappa shape index (κ1) is 12.8. The smallest absolute Gasteiger partial charge is 0.0637 e. The summed E-state index contributed by atoms with van der Waals surface area (Å²) in [5.74, 6) is 0. The lowest BCUT2D eigenvalue weighted by Crippen LogP contribution is -2.31. The number of unbranched alkanes of at least 4 members (excludes halogenated alkanes) is 1. The fourth-order valence-electron chi connectivity index (χ4n) is 1.76. The maximum atomic E-state index is 10.1. The van der Waals surface area contributed by atoms with Gasteiger partial charge in [-0.05, 0) is 25.0 Å². The molecular formula is C14H21NO. The minimum Gasteiger partial charge on any atom is -0.288 e. The van der Waals surface area contributed by atoms with Crippen LogP contribution in [0.15, 0.2) is 43.0 Å². The van der Waals surface area contributed by atoms with Gasteiger partial charge >= 0.3 is 0 Å². The Morgan fingerprint density at radius 2 is 2.06 bits per heavy atom. The van der Waals surface area contributed by atoms with Crippen molar-refractivity contribution < 1.29 is 5.21 Å². The van der Waals surface area contributed by atoms with E-state index in [1.165, 1.54) is 5.06 Å². The predicted molar refractivity (Wildman–Crippen MR) is 68.8 cm³/mol. The average Bonchev–Trinajstić information content (AvgIpc) is 2.35. The summed E-state index contributed by atoms with van der Waals surface area (Å²) in [7, 11) is 0. The van der Waals surface area contributed by atoms with Gasteiger partial charge in [0.05, 0.1) is 11.7 Å². The third kappa shape index (κ3) is 3.70. The van der Waals surface area contributed by atoms with Crippen molar-refractivity contribution in [2.45, 2.75) is 38.6 Å². The molecule has 0 aliphatic rings. The second-order valence-corrected chi connectivity index (χ2v) is 4.00. The molecule has 0 aliphatic heterocycles. The van der Waals surface area contributed by atoms with E-state index in [1.54, 1.807) is 0 Å². The fourth-order valence-corrected chi connectivity index (χ4v) is 1.76. The number of benzene rings is 1. The highest BCUT2D eigenvalue weighted by molar-refractivity contribution is 5.43. The number of para-hydroxylation sites is 1. The lowest BCUT2D eigenvalue weighted by molar-refractivity contribution is 0.208. The third-order valence-corrected chi connectivity index (χ3v) is 2.70. The summed E-state index contributed by atoms with van der Waals surface area (Å²) >= 11 is 0. The quantitative estimate of drug-likeness (QED) is 0.553. The van der Waals surface area contributed by atoms with Gasteiger partial charge in [0.1, 0.15) is 0 Å². The Bertz CT molecular complexity index is 297. The Hall–Kier alpha value is -1.28. The Morgan fingerprint density at radius 1 is 1.38 bits per heavy atom. The van der Waals surface area contributed by atoms with Crippen LogP contribution in [0.4, 0.5) is 5.69 Å². The molecule has 0 fully saturated rings. The van der Waals surface area contributed by atoms with Gasteiger partial charge in [-0.25, -0.2) is 0 Å². The number of nitrogens with zero attached hydrogens (tertiary/aromatic N) is 1. The molecule has 1 aromatic carbocycles. The van der Waals surface area contributed by atoms with Gasteiger partial charge in [0.25, 0.3) is 0 Å². The van der Waals surface area contributed by atoms with Crippen LogP contribution in [0.25, 0.3) is 0 Å². The van der Waals surface area contributed by atoms with E-state index in [-0.39, 0.29) is 6.04 Å². The Kier molecular flexibility index (Phi) is 5.65. The molecule has 1 unspecified atom stereocenters. The van der Waals surface area contributed by atoms with E-state index in [0.29, 0.717) is 0 Å². The minimum absolute atomic E-state index is 0.139. The Balaban J connectivity index is 2.66. The van der Waals surface area contributed by atoms with E-state index in [9.17, 15) is 5.21 Å². The number of rotatable bonds is 7. The molecule has 16 heavy (non-hydrogen) atoms. The first-order valence-corrected chi connectivity index (χ1v) is 5.93. The van der Waals surface area contributed by atoms with Gasteiger partial charge < -0.3 is 0 Å². The van der Waals surface area contributed by atoms with Crippen LogP contribution in [0, 0.1) is 0 Å². The molecule has 1 atom stereocenters. The van der Waals surface area contributed by atoms with Crippen LogP contribution in [0.1, 0.15) is 32.6 Å². The lowest BCUT2D eigenvalue weighted by Gasteiger charge is -2.26. The summed E-state index contributed by atoms with van der Waals surface area (Å²) in [6, 6.07) is 9.79. The number of hydroxylamine groups is 1. The van der Waals surface area contributed by atoms with E-state index >= 15 is 0 Å². The molecule has 0 radical (unpaired) electrons. The molecule has 1 N–H and O–H groups in total. The zero-order valence-electron chi connectivity index (χ0n) is 9.97. The van der Waals surface area contributed by atoms with Gasteiger partial charge in [-0.2, -0.15) is 0 Å². The summed E-state index contributed by atoms with van der Waals surface area (Å²) in [4.78, 5) is 0. The van der Waals surface area contributed by atoms with Crippen molar-refractivity contribution in [3.8, 4) is 0 Å². The van der Waals surface area contributed by atoms with Crippen LogP contribution < -0.4 is 5.06 Å². The van der Waals surface area contributed by atoms with Gasteiger partial charge in [0, 0.05) is 0 Å². The largest absolute Gasteiger partial charge is 0.288 e. The topological polar surface area (TPSA) is 23.5 Å². The van der Waals surface area contributed by atoms with E-state index in [2.05, 4.69) is 13.5 Å². The van der Waals surface area contributed by atoms with Gasteiger partial charge in [-0.15, -0.1) is 6.58 Å². The number of anilines is 1. The van der Waals surface area contributed by atoms with Crippen LogP contribution in [-0.2, 0) is 0 Å². The zero-order chi connectivity index (χ0) is 11.8. The van der Waals surface area contributed by atoms with Crippen molar-refractivity contribution in [3.63, 3.8) is 0 Å². The van der Waals surface area contributed by atoms with E-state index in [4.69, 9.17) is 0 Å². The third-order valence-electron chi connectivity index (χ3n) is 2.70. The second-order valence-electron chi connectivity index (χ2n) is 4.00. The van der Waals surface area contributed by atoms with E-state index in [1.807, 2.05) is 36.4 Å².